The molecule has 6 heteroatoms. The van der Waals surface area contributed by atoms with Gasteiger partial charge in [-0.2, -0.15) is 0 Å². The molecule has 3 rings (SSSR count). The largest absolute Gasteiger partial charge is 0.343 e. The molecule has 1 spiro atoms. The lowest BCUT2D eigenvalue weighted by Crippen LogP contribution is -2.66. The van der Waals surface area contributed by atoms with Crippen molar-refractivity contribution in [2.75, 3.05) is 39.8 Å². The number of imidazole rings is 1. The van der Waals surface area contributed by atoms with E-state index in [9.17, 15) is 4.79 Å². The molecule has 22 heavy (non-hydrogen) atoms. The second-order valence-corrected chi connectivity index (χ2v) is 6.45. The van der Waals surface area contributed by atoms with Gasteiger partial charge in [-0.3, -0.25) is 14.6 Å². The highest BCUT2D eigenvalue weighted by Crippen LogP contribution is 2.33. The molecule has 0 saturated carbocycles. The number of rotatable bonds is 4. The van der Waals surface area contributed by atoms with E-state index in [1.807, 2.05) is 42.2 Å². The maximum Gasteiger partial charge on any atom is 0.244 e. The molecule has 2 aliphatic heterocycles. The van der Waals surface area contributed by atoms with Crippen molar-refractivity contribution in [3.05, 3.63) is 30.9 Å². The second kappa shape index (κ2) is 5.85. The molecule has 1 unspecified atom stereocenters. The van der Waals surface area contributed by atoms with E-state index in [4.69, 9.17) is 0 Å². The number of likely N-dealkylation sites (N-methyl/N-ethyl adjacent to an activating group) is 1. The van der Waals surface area contributed by atoms with Crippen molar-refractivity contribution in [3.8, 4) is 0 Å². The van der Waals surface area contributed by atoms with Crippen LogP contribution in [0.2, 0.25) is 0 Å². The third kappa shape index (κ3) is 2.46. The predicted molar refractivity (Wildman–Crippen MR) is 85.2 cm³/mol. The Morgan fingerprint density at radius 2 is 2.18 bits per heavy atom. The summed E-state index contributed by atoms with van der Waals surface area (Å²) in [6, 6.07) is 0. The van der Waals surface area contributed by atoms with E-state index in [1.165, 1.54) is 5.69 Å². The molecule has 0 N–H and O–H groups in total. The Kier molecular flexibility index (Phi) is 4.06. The van der Waals surface area contributed by atoms with Crippen LogP contribution in [-0.4, -0.2) is 75.5 Å². The zero-order chi connectivity index (χ0) is 15.7. The molecular weight excluding hydrogens is 278 g/mol. The monoisotopic (exact) mass is 303 g/mol. The third-order valence-electron chi connectivity index (χ3n) is 5.03. The summed E-state index contributed by atoms with van der Waals surface area (Å²) in [4.78, 5) is 23.6. The van der Waals surface area contributed by atoms with Crippen LogP contribution in [0.15, 0.2) is 25.2 Å². The van der Waals surface area contributed by atoms with Gasteiger partial charge in [-0.15, -0.1) is 6.58 Å². The molecule has 3 heterocycles. The van der Waals surface area contributed by atoms with Gasteiger partial charge in [-0.25, -0.2) is 4.98 Å². The number of carbonyl (C=O) groups excluding carboxylic acids is 1. The van der Waals surface area contributed by atoms with Crippen molar-refractivity contribution in [2.24, 2.45) is 7.05 Å². The van der Waals surface area contributed by atoms with Crippen LogP contribution in [-0.2, 0) is 18.4 Å². The minimum Gasteiger partial charge on any atom is -0.343 e. The topological polar surface area (TPSA) is 44.6 Å². The van der Waals surface area contributed by atoms with E-state index >= 15 is 0 Å². The fourth-order valence-corrected chi connectivity index (χ4v) is 3.70. The fourth-order valence-electron chi connectivity index (χ4n) is 3.70. The van der Waals surface area contributed by atoms with Crippen LogP contribution in [0.1, 0.15) is 12.1 Å². The van der Waals surface area contributed by atoms with Crippen LogP contribution in [0.5, 0.6) is 0 Å². The van der Waals surface area contributed by atoms with Crippen molar-refractivity contribution in [1.29, 1.82) is 0 Å². The van der Waals surface area contributed by atoms with Gasteiger partial charge in [-0.1, -0.05) is 6.08 Å². The molecule has 0 bridgehead atoms. The number of piperazine rings is 1. The lowest BCUT2D eigenvalue weighted by Gasteiger charge is -2.46. The van der Waals surface area contributed by atoms with E-state index in [2.05, 4.69) is 21.4 Å². The van der Waals surface area contributed by atoms with Crippen LogP contribution in [0.3, 0.4) is 0 Å². The van der Waals surface area contributed by atoms with Crippen molar-refractivity contribution in [2.45, 2.75) is 18.5 Å². The van der Waals surface area contributed by atoms with Crippen LogP contribution in [0.25, 0.3) is 0 Å². The summed E-state index contributed by atoms with van der Waals surface area (Å²) in [5.41, 5.74) is 0.809. The van der Waals surface area contributed by atoms with Crippen LogP contribution < -0.4 is 0 Å². The van der Waals surface area contributed by atoms with E-state index in [0.717, 1.165) is 45.7 Å². The molecule has 120 valence electrons. The van der Waals surface area contributed by atoms with Gasteiger partial charge in [0.15, 0.2) is 0 Å². The highest BCUT2D eigenvalue weighted by atomic mass is 16.2. The first-order valence-corrected chi connectivity index (χ1v) is 7.86. The van der Waals surface area contributed by atoms with E-state index in [1.54, 1.807) is 0 Å². The number of aromatic nitrogens is 2. The highest BCUT2D eigenvalue weighted by Gasteiger charge is 2.51. The first-order valence-electron chi connectivity index (χ1n) is 7.86. The van der Waals surface area contributed by atoms with Gasteiger partial charge in [0.1, 0.15) is 5.54 Å². The molecular formula is C16H25N5O. The van der Waals surface area contributed by atoms with Crippen LogP contribution in [0, 0.1) is 0 Å². The van der Waals surface area contributed by atoms with E-state index in [0.29, 0.717) is 0 Å². The Balaban J connectivity index is 1.78. The molecule has 1 atom stereocenters. The molecule has 0 aromatic carbocycles. The minimum absolute atomic E-state index is 0.258. The number of hydrogen-bond donors (Lipinski definition) is 0. The average Bonchev–Trinajstić information content (AvgIpc) is 3.09. The zero-order valence-electron chi connectivity index (χ0n) is 13.5. The Morgan fingerprint density at radius 3 is 2.86 bits per heavy atom. The van der Waals surface area contributed by atoms with E-state index < -0.39 is 0 Å². The molecule has 1 aromatic rings. The molecule has 0 aliphatic carbocycles. The molecule has 0 radical (unpaired) electrons. The van der Waals surface area contributed by atoms with Crippen LogP contribution >= 0.6 is 0 Å². The molecule has 2 aliphatic rings. The summed E-state index contributed by atoms with van der Waals surface area (Å²) in [5.74, 6) is 0.258. The normalized spacial score (nSPS) is 27.0. The Hall–Kier alpha value is -1.66. The van der Waals surface area contributed by atoms with Crippen molar-refractivity contribution in [1.82, 2.24) is 24.3 Å². The third-order valence-corrected chi connectivity index (χ3v) is 5.03. The number of carbonyl (C=O) groups is 1. The van der Waals surface area contributed by atoms with Gasteiger partial charge in [0.25, 0.3) is 0 Å². The maximum absolute atomic E-state index is 12.9. The van der Waals surface area contributed by atoms with Crippen molar-refractivity contribution >= 4 is 5.91 Å². The first-order chi connectivity index (χ1) is 10.6. The summed E-state index contributed by atoms with van der Waals surface area (Å²) in [6.07, 6.45) is 6.53. The summed E-state index contributed by atoms with van der Waals surface area (Å²) < 4.78 is 2.04. The average molecular weight is 303 g/mol. The van der Waals surface area contributed by atoms with Gasteiger partial charge < -0.3 is 9.47 Å². The molecule has 2 fully saturated rings. The Bertz CT molecular complexity index is 569. The summed E-state index contributed by atoms with van der Waals surface area (Å²) in [5, 5.41) is 0. The summed E-state index contributed by atoms with van der Waals surface area (Å²) >= 11 is 0. The standard InChI is InChI=1S/C16H25N5O/c1-4-6-21-9-8-18(2)15(22)16(21)5-7-20(12-16)11-14-10-17-13-19(14)3/h4,10,13H,1,5-9,11-12H2,2-3H3. The molecule has 6 nitrogen and oxygen atoms in total. The number of nitrogens with zero attached hydrogens (tertiary/aromatic N) is 5. The summed E-state index contributed by atoms with van der Waals surface area (Å²) in [7, 11) is 3.93. The number of likely N-dealkylation sites (tertiary alicyclic amines) is 1. The van der Waals surface area contributed by atoms with E-state index in [-0.39, 0.29) is 11.4 Å². The van der Waals surface area contributed by atoms with Gasteiger partial charge in [0, 0.05) is 59.6 Å². The lowest BCUT2D eigenvalue weighted by atomic mass is 9.91. The smallest absolute Gasteiger partial charge is 0.244 e. The molecule has 2 saturated heterocycles. The van der Waals surface area contributed by atoms with Crippen molar-refractivity contribution in [3.63, 3.8) is 0 Å². The van der Waals surface area contributed by atoms with Gasteiger partial charge in [0.05, 0.1) is 12.0 Å². The van der Waals surface area contributed by atoms with Gasteiger partial charge >= 0.3 is 0 Å². The Morgan fingerprint density at radius 1 is 1.36 bits per heavy atom. The number of amides is 1. The number of hydrogen-bond acceptors (Lipinski definition) is 4. The quantitative estimate of drug-likeness (QED) is 0.752. The fraction of sp³-hybridized carbons (Fsp3) is 0.625. The van der Waals surface area contributed by atoms with Crippen molar-refractivity contribution < 1.29 is 4.79 Å². The molecule has 1 amide bonds. The van der Waals surface area contributed by atoms with Gasteiger partial charge in [-0.05, 0) is 6.42 Å². The number of aryl methyl sites for hydroxylation is 1. The maximum atomic E-state index is 12.9. The van der Waals surface area contributed by atoms with Crippen LogP contribution in [0.4, 0.5) is 0 Å². The SMILES string of the molecule is C=CCN1CCN(C)C(=O)C12CCN(Cc1cncn1C)C2. The predicted octanol–water partition coefficient (Wildman–Crippen LogP) is 0.325. The highest BCUT2D eigenvalue weighted by molar-refractivity contribution is 5.87. The first kappa shape index (κ1) is 15.2. The van der Waals surface area contributed by atoms with Gasteiger partial charge in [0.2, 0.25) is 5.91 Å². The lowest BCUT2D eigenvalue weighted by molar-refractivity contribution is -0.148. The zero-order valence-corrected chi connectivity index (χ0v) is 13.5. The second-order valence-electron chi connectivity index (χ2n) is 6.45. The summed E-state index contributed by atoms with van der Waals surface area (Å²) in [6.45, 7) is 8.93. The minimum atomic E-state index is -0.375. The Labute approximate surface area is 132 Å². The molecule has 1 aromatic heterocycles.